The number of β-amino-alcohol motifs (C(OH)–C–C–N with tert-alkyl or cyclic N) is 1. The van der Waals surface area contributed by atoms with Crippen LogP contribution in [0.4, 0.5) is 26.3 Å². The molecule has 2 N–H and O–H groups in total. The molecular weight excluding hydrogens is 604 g/mol. The van der Waals surface area contributed by atoms with Crippen LogP contribution in [0.2, 0.25) is 0 Å². The van der Waals surface area contributed by atoms with Crippen molar-refractivity contribution in [2.24, 2.45) is 5.92 Å². The maximum atomic E-state index is 14.1. The first-order valence-corrected chi connectivity index (χ1v) is 14.6. The summed E-state index contributed by atoms with van der Waals surface area (Å²) in [6.45, 7) is 4.01. The molecule has 0 saturated carbocycles. The molecule has 246 valence electrons. The number of piperazine rings is 1. The molecular formula is C31H37F6N5O3. The van der Waals surface area contributed by atoms with Crippen molar-refractivity contribution in [2.45, 2.75) is 51.3 Å². The number of nitrogens with zero attached hydrogens (tertiary/aromatic N) is 4. The van der Waals surface area contributed by atoms with Crippen LogP contribution < -0.4 is 10.1 Å². The fourth-order valence-electron chi connectivity index (χ4n) is 5.20. The molecule has 2 aromatic carbocycles. The number of carbonyl (C=O) groups is 1. The Morgan fingerprint density at radius 3 is 2.20 bits per heavy atom. The van der Waals surface area contributed by atoms with E-state index in [0.717, 1.165) is 40.5 Å². The molecule has 4 rings (SSSR count). The van der Waals surface area contributed by atoms with E-state index in [9.17, 15) is 36.2 Å². The number of carbonyl (C=O) groups excluding carboxylic acids is 1. The van der Waals surface area contributed by atoms with E-state index in [1.165, 1.54) is 0 Å². The monoisotopic (exact) mass is 641 g/mol. The van der Waals surface area contributed by atoms with Crippen LogP contribution in [0.1, 0.15) is 30.8 Å². The third kappa shape index (κ3) is 9.68. The van der Waals surface area contributed by atoms with Crippen molar-refractivity contribution in [1.82, 2.24) is 24.9 Å². The molecule has 1 aromatic heterocycles. The third-order valence-corrected chi connectivity index (χ3v) is 7.32. The predicted molar refractivity (Wildman–Crippen MR) is 155 cm³/mol. The Balaban J connectivity index is 1.30. The number of amides is 1. The molecule has 1 aliphatic rings. The van der Waals surface area contributed by atoms with Crippen LogP contribution in [0.25, 0.3) is 5.69 Å². The first-order valence-electron chi connectivity index (χ1n) is 14.6. The normalized spacial score (nSPS) is 16.5. The number of para-hydroxylation sites is 1. The summed E-state index contributed by atoms with van der Waals surface area (Å²) in [5.41, 5.74) is 1.32. The summed E-state index contributed by atoms with van der Waals surface area (Å²) < 4.78 is 87.6. The lowest BCUT2D eigenvalue weighted by Crippen LogP contribution is -2.60. The molecule has 14 heteroatoms. The minimum absolute atomic E-state index is 0.0642. The summed E-state index contributed by atoms with van der Waals surface area (Å²) in [5.74, 6) is -0.706. The molecule has 3 aromatic rings. The van der Waals surface area contributed by atoms with Crippen molar-refractivity contribution in [3.8, 4) is 11.4 Å². The van der Waals surface area contributed by atoms with Crippen LogP contribution >= 0.6 is 0 Å². The van der Waals surface area contributed by atoms with Gasteiger partial charge in [0.2, 0.25) is 5.91 Å². The minimum Gasteiger partial charge on any atom is -0.491 e. The Hall–Kier alpha value is -3.62. The van der Waals surface area contributed by atoms with Crippen LogP contribution in [-0.4, -0.2) is 88.2 Å². The predicted octanol–water partition coefficient (Wildman–Crippen LogP) is 4.69. The number of aliphatic hydroxyl groups excluding tert-OH is 1. The van der Waals surface area contributed by atoms with Gasteiger partial charge in [-0.25, -0.2) is 4.68 Å². The minimum atomic E-state index is -4.81. The van der Waals surface area contributed by atoms with Gasteiger partial charge in [-0.3, -0.25) is 14.6 Å². The first kappa shape index (κ1) is 34.3. The summed E-state index contributed by atoms with van der Waals surface area (Å²) in [6.07, 6.45) is -9.62. The SMILES string of the molecule is CC(C)Cc1cc(CNC(=O)[C@@H](N2CCN(CC(O)COc3ccc(C(F)(F)F)cc3)CC2)C(F)(F)F)nn1-c1ccccc1. The first-order chi connectivity index (χ1) is 21.2. The molecule has 2 heterocycles. The molecule has 0 radical (unpaired) electrons. The summed E-state index contributed by atoms with van der Waals surface area (Å²) >= 11 is 0. The highest BCUT2D eigenvalue weighted by Gasteiger charge is 2.49. The Morgan fingerprint density at radius 2 is 1.62 bits per heavy atom. The number of hydrogen-bond acceptors (Lipinski definition) is 6. The summed E-state index contributed by atoms with van der Waals surface area (Å²) in [7, 11) is 0. The van der Waals surface area contributed by atoms with E-state index in [2.05, 4.69) is 24.3 Å². The highest BCUT2D eigenvalue weighted by atomic mass is 19.4. The number of aliphatic hydroxyl groups is 1. The molecule has 8 nitrogen and oxygen atoms in total. The Bertz CT molecular complexity index is 1370. The van der Waals surface area contributed by atoms with Crippen LogP contribution in [0.3, 0.4) is 0 Å². The second-order valence-corrected chi connectivity index (χ2v) is 11.5. The van der Waals surface area contributed by atoms with Crippen molar-refractivity contribution in [3.63, 3.8) is 0 Å². The lowest BCUT2D eigenvalue weighted by Gasteiger charge is -2.39. The smallest absolute Gasteiger partial charge is 0.416 e. The van der Waals surface area contributed by atoms with Gasteiger partial charge >= 0.3 is 12.4 Å². The Morgan fingerprint density at radius 1 is 0.978 bits per heavy atom. The van der Waals surface area contributed by atoms with Crippen LogP contribution in [0.5, 0.6) is 5.75 Å². The van der Waals surface area contributed by atoms with Gasteiger partial charge in [-0.2, -0.15) is 31.4 Å². The fraction of sp³-hybridized carbons (Fsp3) is 0.484. The second-order valence-electron chi connectivity index (χ2n) is 11.5. The lowest BCUT2D eigenvalue weighted by molar-refractivity contribution is -0.192. The quantitative estimate of drug-likeness (QED) is 0.280. The van der Waals surface area contributed by atoms with Crippen LogP contribution in [0.15, 0.2) is 60.7 Å². The zero-order valence-electron chi connectivity index (χ0n) is 25.0. The molecule has 1 amide bonds. The van der Waals surface area contributed by atoms with Gasteiger partial charge in [-0.05, 0) is 54.8 Å². The van der Waals surface area contributed by atoms with Gasteiger partial charge in [0.15, 0.2) is 6.04 Å². The number of hydrogen-bond donors (Lipinski definition) is 2. The van der Waals surface area contributed by atoms with Gasteiger partial charge in [0.1, 0.15) is 18.5 Å². The molecule has 1 fully saturated rings. The number of aromatic nitrogens is 2. The Kier molecular flexibility index (Phi) is 11.2. The number of benzene rings is 2. The molecule has 1 aliphatic heterocycles. The van der Waals surface area contributed by atoms with Gasteiger partial charge in [0.25, 0.3) is 0 Å². The molecule has 0 aliphatic carbocycles. The molecule has 1 saturated heterocycles. The average Bonchev–Trinajstić information content (AvgIpc) is 3.37. The zero-order valence-corrected chi connectivity index (χ0v) is 25.0. The summed E-state index contributed by atoms with van der Waals surface area (Å²) in [4.78, 5) is 15.7. The van der Waals surface area contributed by atoms with E-state index in [4.69, 9.17) is 4.74 Å². The lowest BCUT2D eigenvalue weighted by atomic mass is 10.1. The zero-order chi connectivity index (χ0) is 32.8. The van der Waals surface area contributed by atoms with E-state index < -0.39 is 36.0 Å². The van der Waals surface area contributed by atoms with Gasteiger partial charge in [0, 0.05) is 38.4 Å². The molecule has 0 spiro atoms. The molecule has 1 unspecified atom stereocenters. The van der Waals surface area contributed by atoms with Gasteiger partial charge in [-0.1, -0.05) is 32.0 Å². The average molecular weight is 642 g/mol. The number of alkyl halides is 6. The van der Waals surface area contributed by atoms with Crippen molar-refractivity contribution in [3.05, 3.63) is 77.6 Å². The maximum absolute atomic E-state index is 14.1. The molecule has 2 atom stereocenters. The highest BCUT2D eigenvalue weighted by molar-refractivity contribution is 5.82. The molecule has 45 heavy (non-hydrogen) atoms. The van der Waals surface area contributed by atoms with Gasteiger partial charge in [-0.15, -0.1) is 0 Å². The number of ether oxygens (including phenoxy) is 1. The van der Waals surface area contributed by atoms with E-state index in [1.807, 2.05) is 30.3 Å². The van der Waals surface area contributed by atoms with Crippen molar-refractivity contribution < 1.29 is 41.0 Å². The summed E-state index contributed by atoms with van der Waals surface area (Å²) in [5, 5.41) is 17.3. The highest BCUT2D eigenvalue weighted by Crippen LogP contribution is 2.30. The third-order valence-electron chi connectivity index (χ3n) is 7.32. The van der Waals surface area contributed by atoms with Crippen LogP contribution in [-0.2, 0) is 23.9 Å². The van der Waals surface area contributed by atoms with E-state index in [-0.39, 0.29) is 51.6 Å². The van der Waals surface area contributed by atoms with E-state index >= 15 is 0 Å². The second kappa shape index (κ2) is 14.6. The summed E-state index contributed by atoms with van der Waals surface area (Å²) in [6, 6.07) is 12.8. The van der Waals surface area contributed by atoms with Gasteiger partial charge < -0.3 is 15.2 Å². The van der Waals surface area contributed by atoms with E-state index in [1.54, 1.807) is 15.6 Å². The fourth-order valence-corrected chi connectivity index (χ4v) is 5.20. The standard InChI is InChI=1S/C31H37F6N5O3/c1-21(2)16-25-17-23(39-42(25)24-6-4-3-5-7-24)18-38-29(44)28(31(35,36)37)41-14-12-40(13-15-41)19-26(43)20-45-27-10-8-22(9-11-27)30(32,33)34/h3-11,17,21,26,28,43H,12-16,18-20H2,1-2H3,(H,38,44)/t26?,28-/m1/s1. The topological polar surface area (TPSA) is 82.9 Å². The molecule has 0 bridgehead atoms. The van der Waals surface area contributed by atoms with Crippen molar-refractivity contribution in [2.75, 3.05) is 39.3 Å². The van der Waals surface area contributed by atoms with Crippen molar-refractivity contribution in [1.29, 1.82) is 0 Å². The van der Waals surface area contributed by atoms with Gasteiger partial charge in [0.05, 0.1) is 23.5 Å². The number of halogens is 6. The van der Waals surface area contributed by atoms with Crippen LogP contribution in [0, 0.1) is 5.92 Å². The number of nitrogens with one attached hydrogen (secondary N) is 1. The number of rotatable bonds is 12. The Labute approximate surface area is 257 Å². The van der Waals surface area contributed by atoms with Crippen molar-refractivity contribution >= 4 is 5.91 Å². The largest absolute Gasteiger partial charge is 0.491 e. The van der Waals surface area contributed by atoms with E-state index in [0.29, 0.717) is 18.0 Å². The maximum Gasteiger partial charge on any atom is 0.416 e.